The van der Waals surface area contributed by atoms with E-state index in [1.807, 2.05) is 6.08 Å². The molecule has 2 rings (SSSR count). The summed E-state index contributed by atoms with van der Waals surface area (Å²) < 4.78 is 0. The molecule has 0 aromatic heterocycles. The first kappa shape index (κ1) is 11.4. The molecule has 1 N–H and O–H groups in total. The fourth-order valence-corrected chi connectivity index (χ4v) is 2.22. The van der Waals surface area contributed by atoms with Gasteiger partial charge in [0.25, 0.3) is 0 Å². The van der Waals surface area contributed by atoms with Gasteiger partial charge in [-0.3, -0.25) is 4.90 Å². The molecule has 1 aromatic rings. The minimum Gasteiger partial charge on any atom is -0.396 e. The molecule has 1 atom stereocenters. The van der Waals surface area contributed by atoms with Crippen LogP contribution in [-0.4, -0.2) is 29.7 Å². The number of nitrogens with zero attached hydrogens (tertiary/aromatic N) is 1. The van der Waals surface area contributed by atoms with Gasteiger partial charge in [-0.15, -0.1) is 0 Å². The number of rotatable bonds is 4. The van der Waals surface area contributed by atoms with Crippen molar-refractivity contribution in [3.8, 4) is 0 Å². The molecule has 86 valence electrons. The van der Waals surface area contributed by atoms with Crippen LogP contribution in [0, 0.1) is 5.92 Å². The van der Waals surface area contributed by atoms with Crippen molar-refractivity contribution >= 4 is 6.08 Å². The number of aliphatic hydroxyl groups excluding tert-OH is 1. The third-order valence-electron chi connectivity index (χ3n) is 3.25. The van der Waals surface area contributed by atoms with Gasteiger partial charge in [0.1, 0.15) is 0 Å². The van der Waals surface area contributed by atoms with Crippen LogP contribution in [0.1, 0.15) is 17.5 Å². The fourth-order valence-electron chi connectivity index (χ4n) is 2.22. The summed E-state index contributed by atoms with van der Waals surface area (Å²) in [4.78, 5) is 2.41. The van der Waals surface area contributed by atoms with E-state index in [-0.39, 0.29) is 0 Å². The number of benzene rings is 1. The maximum absolute atomic E-state index is 9.08. The Hall–Kier alpha value is -1.12. The van der Waals surface area contributed by atoms with Crippen molar-refractivity contribution in [1.29, 1.82) is 0 Å². The van der Waals surface area contributed by atoms with Gasteiger partial charge in [0.15, 0.2) is 0 Å². The molecule has 1 aliphatic heterocycles. The number of hydrogen-bond donors (Lipinski definition) is 1. The van der Waals surface area contributed by atoms with Crippen LogP contribution in [0.4, 0.5) is 0 Å². The maximum Gasteiger partial charge on any atom is 0.0471 e. The molecule has 1 heterocycles. The van der Waals surface area contributed by atoms with Crippen LogP contribution < -0.4 is 0 Å². The lowest BCUT2D eigenvalue weighted by Crippen LogP contribution is -2.20. The lowest BCUT2D eigenvalue weighted by molar-refractivity contribution is 0.220. The van der Waals surface area contributed by atoms with Crippen molar-refractivity contribution in [2.24, 2.45) is 5.92 Å². The van der Waals surface area contributed by atoms with Crippen molar-refractivity contribution in [2.75, 3.05) is 19.7 Å². The quantitative estimate of drug-likeness (QED) is 0.835. The molecule has 0 aliphatic carbocycles. The Labute approximate surface area is 97.2 Å². The van der Waals surface area contributed by atoms with E-state index >= 15 is 0 Å². The predicted octanol–water partition coefficient (Wildman–Crippen LogP) is 2.14. The summed E-state index contributed by atoms with van der Waals surface area (Å²) in [5.74, 6) is 0.479. The van der Waals surface area contributed by atoms with Crippen LogP contribution in [0.5, 0.6) is 0 Å². The predicted molar refractivity (Wildman–Crippen MR) is 67.0 cm³/mol. The minimum absolute atomic E-state index is 0.325. The first-order chi connectivity index (χ1) is 7.81. The van der Waals surface area contributed by atoms with Gasteiger partial charge in [0.05, 0.1) is 0 Å². The highest BCUT2D eigenvalue weighted by Crippen LogP contribution is 2.18. The molecule has 0 unspecified atom stereocenters. The summed E-state index contributed by atoms with van der Waals surface area (Å²) in [5.41, 5.74) is 2.50. The molecule has 0 saturated carbocycles. The molecule has 2 heteroatoms. The zero-order valence-corrected chi connectivity index (χ0v) is 9.60. The second kappa shape index (κ2) is 5.28. The Morgan fingerprint density at radius 1 is 1.38 bits per heavy atom. The van der Waals surface area contributed by atoms with Crippen LogP contribution >= 0.6 is 0 Å². The normalized spacial score (nSPS) is 21.2. The summed E-state index contributed by atoms with van der Waals surface area (Å²) in [6, 6.07) is 8.51. The smallest absolute Gasteiger partial charge is 0.0471 e. The monoisotopic (exact) mass is 217 g/mol. The fraction of sp³-hybridized carbons (Fsp3) is 0.429. The lowest BCUT2D eigenvalue weighted by Gasteiger charge is -2.15. The minimum atomic E-state index is 0.325. The molecule has 1 aliphatic rings. The standard InChI is InChI=1S/C14H19NO/c1-2-12-3-5-13(6-4-12)9-15-8-7-14(10-15)11-16/h2-6,14,16H,1,7-11H2/t14-/m1/s1. The molecule has 2 nitrogen and oxygen atoms in total. The van der Waals surface area contributed by atoms with Crippen LogP contribution in [0.3, 0.4) is 0 Å². The van der Waals surface area contributed by atoms with E-state index < -0.39 is 0 Å². The Morgan fingerprint density at radius 3 is 2.69 bits per heavy atom. The van der Waals surface area contributed by atoms with E-state index in [0.717, 1.165) is 26.1 Å². The van der Waals surface area contributed by atoms with Crippen molar-refractivity contribution < 1.29 is 5.11 Å². The van der Waals surface area contributed by atoms with E-state index in [4.69, 9.17) is 5.11 Å². The average molecular weight is 217 g/mol. The summed E-state index contributed by atoms with van der Waals surface area (Å²) in [5, 5.41) is 9.08. The first-order valence-corrected chi connectivity index (χ1v) is 5.86. The van der Waals surface area contributed by atoms with Crippen molar-refractivity contribution in [2.45, 2.75) is 13.0 Å². The number of likely N-dealkylation sites (tertiary alicyclic amines) is 1. The molecule has 0 spiro atoms. The molecular weight excluding hydrogens is 198 g/mol. The summed E-state index contributed by atoms with van der Waals surface area (Å²) >= 11 is 0. The third kappa shape index (κ3) is 2.71. The van der Waals surface area contributed by atoms with Gasteiger partial charge in [-0.25, -0.2) is 0 Å². The van der Waals surface area contributed by atoms with Gasteiger partial charge in [-0.05, 0) is 30.0 Å². The molecule has 1 saturated heterocycles. The van der Waals surface area contributed by atoms with Crippen molar-refractivity contribution in [3.63, 3.8) is 0 Å². The summed E-state index contributed by atoms with van der Waals surface area (Å²) in [7, 11) is 0. The van der Waals surface area contributed by atoms with Gasteiger partial charge in [-0.1, -0.05) is 36.9 Å². The second-order valence-corrected chi connectivity index (χ2v) is 4.52. The van der Waals surface area contributed by atoms with Crippen LogP contribution in [-0.2, 0) is 6.54 Å². The average Bonchev–Trinajstić information content (AvgIpc) is 2.78. The lowest BCUT2D eigenvalue weighted by atomic mass is 10.1. The van der Waals surface area contributed by atoms with E-state index in [1.165, 1.54) is 11.1 Å². The number of hydrogen-bond acceptors (Lipinski definition) is 2. The Balaban J connectivity index is 1.91. The molecule has 1 aromatic carbocycles. The van der Waals surface area contributed by atoms with Crippen molar-refractivity contribution in [3.05, 3.63) is 42.0 Å². The van der Waals surface area contributed by atoms with Crippen LogP contribution in [0.2, 0.25) is 0 Å². The Bertz CT molecular complexity index is 344. The van der Waals surface area contributed by atoms with Gasteiger partial charge < -0.3 is 5.11 Å². The summed E-state index contributed by atoms with van der Waals surface area (Å²) in [6.07, 6.45) is 2.99. The zero-order chi connectivity index (χ0) is 11.4. The SMILES string of the molecule is C=Cc1ccc(CN2CC[C@@H](CO)C2)cc1. The van der Waals surface area contributed by atoms with Gasteiger partial charge in [0.2, 0.25) is 0 Å². The van der Waals surface area contributed by atoms with E-state index in [0.29, 0.717) is 12.5 Å². The molecule has 0 radical (unpaired) electrons. The summed E-state index contributed by atoms with van der Waals surface area (Å²) in [6.45, 7) is 7.20. The second-order valence-electron chi connectivity index (χ2n) is 4.52. The molecule has 0 amide bonds. The first-order valence-electron chi connectivity index (χ1n) is 5.86. The molecule has 1 fully saturated rings. The van der Waals surface area contributed by atoms with Gasteiger partial charge in [0, 0.05) is 19.7 Å². The van der Waals surface area contributed by atoms with E-state index in [1.54, 1.807) is 0 Å². The highest BCUT2D eigenvalue weighted by atomic mass is 16.3. The largest absolute Gasteiger partial charge is 0.396 e. The Morgan fingerprint density at radius 2 is 2.12 bits per heavy atom. The third-order valence-corrected chi connectivity index (χ3v) is 3.25. The molecule has 0 bridgehead atoms. The van der Waals surface area contributed by atoms with Crippen LogP contribution in [0.25, 0.3) is 6.08 Å². The van der Waals surface area contributed by atoms with E-state index in [2.05, 4.69) is 35.7 Å². The van der Waals surface area contributed by atoms with Gasteiger partial charge in [-0.2, -0.15) is 0 Å². The van der Waals surface area contributed by atoms with Crippen molar-refractivity contribution in [1.82, 2.24) is 4.90 Å². The maximum atomic E-state index is 9.08. The highest BCUT2D eigenvalue weighted by molar-refractivity contribution is 5.47. The number of aliphatic hydroxyl groups is 1. The van der Waals surface area contributed by atoms with Gasteiger partial charge >= 0.3 is 0 Å². The zero-order valence-electron chi connectivity index (χ0n) is 9.60. The highest BCUT2D eigenvalue weighted by Gasteiger charge is 2.21. The topological polar surface area (TPSA) is 23.5 Å². The molecular formula is C14H19NO. The van der Waals surface area contributed by atoms with E-state index in [9.17, 15) is 0 Å². The molecule has 16 heavy (non-hydrogen) atoms. The van der Waals surface area contributed by atoms with Crippen LogP contribution in [0.15, 0.2) is 30.8 Å². The Kier molecular flexibility index (Phi) is 3.75.